The number of aromatic carboxylic acids is 1. The van der Waals surface area contributed by atoms with E-state index in [0.29, 0.717) is 12.3 Å². The zero-order valence-electron chi connectivity index (χ0n) is 9.87. The van der Waals surface area contributed by atoms with E-state index in [9.17, 15) is 9.90 Å². The van der Waals surface area contributed by atoms with Gasteiger partial charge in [-0.1, -0.05) is 12.1 Å². The Hall–Kier alpha value is -2.30. The van der Waals surface area contributed by atoms with E-state index >= 15 is 0 Å². The lowest BCUT2D eigenvalue weighted by molar-refractivity contribution is 0.0684. The molecule has 0 amide bonds. The standard InChI is InChI=1S/C13H14N2O3/c1-2-3-6-9-18-12-11(13(16)17)15-8-5-4-7-10(15)14-12/h2,4-5,7-8H,1,3,6,9H2,(H,16,17). The number of fused-ring (bicyclic) bond motifs is 1. The van der Waals surface area contributed by atoms with Crippen molar-refractivity contribution in [2.75, 3.05) is 6.61 Å². The summed E-state index contributed by atoms with van der Waals surface area (Å²) in [6, 6.07) is 5.29. The molecular weight excluding hydrogens is 232 g/mol. The van der Waals surface area contributed by atoms with E-state index in [1.165, 1.54) is 4.40 Å². The maximum atomic E-state index is 11.2. The van der Waals surface area contributed by atoms with Crippen molar-refractivity contribution in [2.24, 2.45) is 0 Å². The summed E-state index contributed by atoms with van der Waals surface area (Å²) in [6.07, 6.45) is 5.07. The Morgan fingerprint density at radius 3 is 3.11 bits per heavy atom. The molecule has 0 atom stereocenters. The van der Waals surface area contributed by atoms with Crippen molar-refractivity contribution >= 4 is 11.6 Å². The SMILES string of the molecule is C=CCCCOc1nc2ccccn2c1C(=O)O. The molecule has 0 aliphatic heterocycles. The molecule has 0 aliphatic rings. The van der Waals surface area contributed by atoms with Crippen molar-refractivity contribution in [2.45, 2.75) is 12.8 Å². The number of pyridine rings is 1. The van der Waals surface area contributed by atoms with Crippen LogP contribution in [0.1, 0.15) is 23.3 Å². The zero-order chi connectivity index (χ0) is 13.0. The molecule has 0 fully saturated rings. The van der Waals surface area contributed by atoms with Crippen LogP contribution in [0.3, 0.4) is 0 Å². The molecule has 0 bridgehead atoms. The Morgan fingerprint density at radius 2 is 2.39 bits per heavy atom. The van der Waals surface area contributed by atoms with E-state index in [-0.39, 0.29) is 11.6 Å². The highest BCUT2D eigenvalue weighted by molar-refractivity contribution is 5.89. The fraction of sp³-hybridized carbons (Fsp3) is 0.231. The third-order valence-electron chi connectivity index (χ3n) is 2.49. The van der Waals surface area contributed by atoms with Crippen molar-refractivity contribution in [3.63, 3.8) is 0 Å². The Bertz CT molecular complexity index is 575. The Morgan fingerprint density at radius 1 is 1.56 bits per heavy atom. The first-order valence-corrected chi connectivity index (χ1v) is 5.68. The number of nitrogens with zero attached hydrogens (tertiary/aromatic N) is 2. The molecule has 2 rings (SSSR count). The number of aromatic nitrogens is 2. The van der Waals surface area contributed by atoms with Gasteiger partial charge in [0.25, 0.3) is 0 Å². The molecule has 2 heterocycles. The van der Waals surface area contributed by atoms with Crippen LogP contribution in [0.25, 0.3) is 5.65 Å². The van der Waals surface area contributed by atoms with Crippen LogP contribution >= 0.6 is 0 Å². The topological polar surface area (TPSA) is 63.8 Å². The maximum absolute atomic E-state index is 11.2. The number of carboxylic acid groups (broad SMARTS) is 1. The summed E-state index contributed by atoms with van der Waals surface area (Å²) in [5, 5.41) is 9.20. The van der Waals surface area contributed by atoms with Gasteiger partial charge in [-0.05, 0) is 25.0 Å². The first kappa shape index (κ1) is 12.2. The van der Waals surface area contributed by atoms with Gasteiger partial charge in [-0.2, -0.15) is 4.98 Å². The van der Waals surface area contributed by atoms with Gasteiger partial charge in [0.2, 0.25) is 5.88 Å². The van der Waals surface area contributed by atoms with Gasteiger partial charge in [-0.3, -0.25) is 4.40 Å². The number of rotatable bonds is 6. The summed E-state index contributed by atoms with van der Waals surface area (Å²) in [5.74, 6) is -0.884. The molecule has 2 aromatic rings. The average Bonchev–Trinajstić information content (AvgIpc) is 2.73. The van der Waals surface area contributed by atoms with Gasteiger partial charge < -0.3 is 9.84 Å². The molecule has 0 aliphatic carbocycles. The number of hydrogen-bond donors (Lipinski definition) is 1. The molecule has 0 saturated carbocycles. The minimum absolute atomic E-state index is 0.0594. The highest BCUT2D eigenvalue weighted by Crippen LogP contribution is 2.20. The van der Waals surface area contributed by atoms with Crippen molar-refractivity contribution in [1.29, 1.82) is 0 Å². The summed E-state index contributed by atoms with van der Waals surface area (Å²) >= 11 is 0. The molecule has 5 heteroatoms. The fourth-order valence-corrected chi connectivity index (χ4v) is 1.67. The van der Waals surface area contributed by atoms with Crippen LogP contribution in [0.5, 0.6) is 5.88 Å². The number of imidazole rings is 1. The Labute approximate surface area is 104 Å². The van der Waals surface area contributed by atoms with Crippen LogP contribution in [-0.4, -0.2) is 27.1 Å². The predicted octanol–water partition coefficient (Wildman–Crippen LogP) is 2.38. The highest BCUT2D eigenvalue weighted by Gasteiger charge is 2.19. The molecule has 94 valence electrons. The van der Waals surface area contributed by atoms with E-state index in [1.807, 2.05) is 0 Å². The number of hydrogen-bond acceptors (Lipinski definition) is 3. The number of carbonyl (C=O) groups is 1. The number of ether oxygens (including phenoxy) is 1. The van der Waals surface area contributed by atoms with E-state index in [0.717, 1.165) is 12.8 Å². The van der Waals surface area contributed by atoms with Crippen LogP contribution in [-0.2, 0) is 0 Å². The summed E-state index contributed by atoms with van der Waals surface area (Å²) in [7, 11) is 0. The summed E-state index contributed by atoms with van der Waals surface area (Å²) in [5.41, 5.74) is 0.623. The molecule has 5 nitrogen and oxygen atoms in total. The fourth-order valence-electron chi connectivity index (χ4n) is 1.67. The van der Waals surface area contributed by atoms with Gasteiger partial charge >= 0.3 is 5.97 Å². The van der Waals surface area contributed by atoms with Crippen LogP contribution in [0.4, 0.5) is 0 Å². The van der Waals surface area contributed by atoms with E-state index < -0.39 is 5.97 Å². The average molecular weight is 246 g/mol. The molecular formula is C13H14N2O3. The lowest BCUT2D eigenvalue weighted by Gasteiger charge is -2.02. The second-order valence-corrected chi connectivity index (χ2v) is 3.78. The first-order chi connectivity index (χ1) is 8.74. The van der Waals surface area contributed by atoms with Crippen LogP contribution in [0, 0.1) is 0 Å². The van der Waals surface area contributed by atoms with E-state index in [1.54, 1.807) is 30.5 Å². The van der Waals surface area contributed by atoms with Crippen molar-refractivity contribution < 1.29 is 14.6 Å². The van der Waals surface area contributed by atoms with Gasteiger partial charge in [0, 0.05) is 6.20 Å². The van der Waals surface area contributed by atoms with Crippen molar-refractivity contribution in [1.82, 2.24) is 9.38 Å². The minimum Gasteiger partial charge on any atom is -0.476 e. The Balaban J connectivity index is 2.28. The maximum Gasteiger partial charge on any atom is 0.358 e. The highest BCUT2D eigenvalue weighted by atomic mass is 16.5. The van der Waals surface area contributed by atoms with E-state index in [4.69, 9.17) is 4.74 Å². The second-order valence-electron chi connectivity index (χ2n) is 3.78. The number of allylic oxidation sites excluding steroid dienone is 1. The molecule has 2 aromatic heterocycles. The molecule has 1 N–H and O–H groups in total. The molecule has 0 saturated heterocycles. The summed E-state index contributed by atoms with van der Waals surface area (Å²) in [6.45, 7) is 4.04. The first-order valence-electron chi connectivity index (χ1n) is 5.68. The van der Waals surface area contributed by atoms with Gasteiger partial charge in [0.15, 0.2) is 5.69 Å². The third kappa shape index (κ3) is 2.34. The lowest BCUT2D eigenvalue weighted by atomic mass is 10.3. The minimum atomic E-state index is -1.05. The van der Waals surface area contributed by atoms with E-state index in [2.05, 4.69) is 11.6 Å². The van der Waals surface area contributed by atoms with Crippen LogP contribution < -0.4 is 4.74 Å². The third-order valence-corrected chi connectivity index (χ3v) is 2.49. The number of carboxylic acids is 1. The van der Waals surface area contributed by atoms with Gasteiger partial charge in [-0.25, -0.2) is 4.79 Å². The second kappa shape index (κ2) is 5.35. The Kier molecular flexibility index (Phi) is 3.62. The van der Waals surface area contributed by atoms with Crippen LogP contribution in [0.2, 0.25) is 0 Å². The van der Waals surface area contributed by atoms with Crippen molar-refractivity contribution in [3.8, 4) is 5.88 Å². The normalized spacial score (nSPS) is 10.4. The summed E-state index contributed by atoms with van der Waals surface area (Å²) < 4.78 is 6.93. The molecule has 0 radical (unpaired) electrons. The smallest absolute Gasteiger partial charge is 0.358 e. The molecule has 0 aromatic carbocycles. The largest absolute Gasteiger partial charge is 0.476 e. The summed E-state index contributed by atoms with van der Waals surface area (Å²) in [4.78, 5) is 15.4. The van der Waals surface area contributed by atoms with Gasteiger partial charge in [-0.15, -0.1) is 6.58 Å². The van der Waals surface area contributed by atoms with Crippen LogP contribution in [0.15, 0.2) is 37.1 Å². The van der Waals surface area contributed by atoms with Gasteiger partial charge in [0.05, 0.1) is 6.61 Å². The number of unbranched alkanes of at least 4 members (excludes halogenated alkanes) is 1. The van der Waals surface area contributed by atoms with Gasteiger partial charge in [0.1, 0.15) is 5.65 Å². The predicted molar refractivity (Wildman–Crippen MR) is 67.1 cm³/mol. The van der Waals surface area contributed by atoms with Crippen molar-refractivity contribution in [3.05, 3.63) is 42.7 Å². The molecule has 18 heavy (non-hydrogen) atoms. The molecule has 0 unspecified atom stereocenters. The zero-order valence-corrected chi connectivity index (χ0v) is 9.87. The monoisotopic (exact) mass is 246 g/mol. The quantitative estimate of drug-likeness (QED) is 0.627. The molecule has 0 spiro atoms. The lowest BCUT2D eigenvalue weighted by Crippen LogP contribution is -2.06.